The highest BCUT2D eigenvalue weighted by Crippen LogP contribution is 2.43. The second kappa shape index (κ2) is 4.78. The van der Waals surface area contributed by atoms with Crippen molar-refractivity contribution < 1.29 is 14.6 Å². The van der Waals surface area contributed by atoms with Gasteiger partial charge in [0, 0.05) is 25.7 Å². The Morgan fingerprint density at radius 1 is 1.60 bits per heavy atom. The third kappa shape index (κ3) is 2.04. The van der Waals surface area contributed by atoms with E-state index in [-0.39, 0.29) is 11.3 Å². The zero-order valence-corrected chi connectivity index (χ0v) is 9.95. The van der Waals surface area contributed by atoms with E-state index in [1.165, 1.54) is 0 Å². The average molecular weight is 217 g/mol. The van der Waals surface area contributed by atoms with E-state index in [1.54, 1.807) is 7.11 Å². The summed E-state index contributed by atoms with van der Waals surface area (Å²) in [5.74, 6) is 0.0997. The average Bonchev–Trinajstić information content (AvgIpc) is 2.67. The van der Waals surface area contributed by atoms with Crippen LogP contribution in [-0.2, 0) is 9.47 Å². The van der Waals surface area contributed by atoms with Gasteiger partial charge in [-0.15, -0.1) is 0 Å². The molecule has 1 saturated heterocycles. The molecule has 0 radical (unpaired) electrons. The minimum atomic E-state index is -0.896. The van der Waals surface area contributed by atoms with E-state index in [1.807, 2.05) is 13.8 Å². The van der Waals surface area contributed by atoms with Crippen molar-refractivity contribution in [3.63, 3.8) is 0 Å². The van der Waals surface area contributed by atoms with Gasteiger partial charge < -0.3 is 20.3 Å². The van der Waals surface area contributed by atoms with Gasteiger partial charge in [-0.3, -0.25) is 0 Å². The van der Waals surface area contributed by atoms with Crippen molar-refractivity contribution in [1.82, 2.24) is 0 Å². The molecule has 2 unspecified atom stereocenters. The molecule has 1 rings (SSSR count). The minimum absolute atomic E-state index is 0.0997. The van der Waals surface area contributed by atoms with Gasteiger partial charge in [0.05, 0.1) is 18.8 Å². The third-order valence-electron chi connectivity index (χ3n) is 3.73. The SMILES string of the molecule is COCC(O)(C(C)C)C1(CN)CCOC1. The first-order chi connectivity index (χ1) is 7.02. The van der Waals surface area contributed by atoms with E-state index in [0.29, 0.717) is 26.4 Å². The molecule has 2 atom stereocenters. The maximum atomic E-state index is 10.8. The minimum Gasteiger partial charge on any atom is -0.386 e. The lowest BCUT2D eigenvalue weighted by molar-refractivity contribution is -0.151. The summed E-state index contributed by atoms with van der Waals surface area (Å²) in [6.07, 6.45) is 0.807. The van der Waals surface area contributed by atoms with Gasteiger partial charge in [0.15, 0.2) is 0 Å². The summed E-state index contributed by atoms with van der Waals surface area (Å²) < 4.78 is 10.5. The second-order valence-corrected chi connectivity index (χ2v) is 4.80. The van der Waals surface area contributed by atoms with E-state index in [4.69, 9.17) is 15.2 Å². The number of hydrogen-bond acceptors (Lipinski definition) is 4. The maximum absolute atomic E-state index is 10.8. The molecule has 15 heavy (non-hydrogen) atoms. The van der Waals surface area contributed by atoms with Crippen LogP contribution in [0.25, 0.3) is 0 Å². The first kappa shape index (κ1) is 12.9. The molecule has 90 valence electrons. The summed E-state index contributed by atoms with van der Waals surface area (Å²) in [4.78, 5) is 0. The Morgan fingerprint density at radius 3 is 2.60 bits per heavy atom. The van der Waals surface area contributed by atoms with Crippen molar-refractivity contribution in [3.05, 3.63) is 0 Å². The van der Waals surface area contributed by atoms with E-state index in [2.05, 4.69) is 0 Å². The van der Waals surface area contributed by atoms with Gasteiger partial charge in [0.25, 0.3) is 0 Å². The van der Waals surface area contributed by atoms with Crippen LogP contribution in [0.2, 0.25) is 0 Å². The zero-order chi connectivity index (χ0) is 11.5. The maximum Gasteiger partial charge on any atom is 0.0993 e. The molecular weight excluding hydrogens is 194 g/mol. The summed E-state index contributed by atoms with van der Waals surface area (Å²) in [7, 11) is 1.60. The number of rotatable bonds is 5. The predicted molar refractivity (Wildman–Crippen MR) is 58.6 cm³/mol. The highest BCUT2D eigenvalue weighted by atomic mass is 16.5. The molecule has 1 fully saturated rings. The quantitative estimate of drug-likeness (QED) is 0.699. The third-order valence-corrected chi connectivity index (χ3v) is 3.73. The van der Waals surface area contributed by atoms with Gasteiger partial charge >= 0.3 is 0 Å². The molecule has 1 heterocycles. The lowest BCUT2D eigenvalue weighted by Crippen LogP contribution is -2.59. The molecule has 0 bridgehead atoms. The van der Waals surface area contributed by atoms with Crippen molar-refractivity contribution in [2.24, 2.45) is 17.1 Å². The van der Waals surface area contributed by atoms with Crippen LogP contribution < -0.4 is 5.73 Å². The topological polar surface area (TPSA) is 64.7 Å². The first-order valence-corrected chi connectivity index (χ1v) is 5.51. The normalized spacial score (nSPS) is 30.8. The fourth-order valence-electron chi connectivity index (χ4n) is 2.44. The van der Waals surface area contributed by atoms with E-state index < -0.39 is 5.60 Å². The molecule has 4 heteroatoms. The molecule has 0 amide bonds. The Kier molecular flexibility index (Phi) is 4.12. The molecule has 3 N–H and O–H groups in total. The zero-order valence-electron chi connectivity index (χ0n) is 9.95. The Hall–Kier alpha value is -0.160. The molecule has 0 aromatic carbocycles. The van der Waals surface area contributed by atoms with Gasteiger partial charge in [-0.1, -0.05) is 13.8 Å². The Balaban J connectivity index is 2.94. The van der Waals surface area contributed by atoms with Crippen LogP contribution in [0.5, 0.6) is 0 Å². The smallest absolute Gasteiger partial charge is 0.0993 e. The predicted octanol–water partition coefficient (Wildman–Crippen LogP) is 0.385. The van der Waals surface area contributed by atoms with E-state index in [9.17, 15) is 5.11 Å². The summed E-state index contributed by atoms with van der Waals surface area (Å²) in [6.45, 7) is 5.94. The number of hydrogen-bond donors (Lipinski definition) is 2. The van der Waals surface area contributed by atoms with Crippen molar-refractivity contribution in [1.29, 1.82) is 0 Å². The van der Waals surface area contributed by atoms with Gasteiger partial charge in [-0.25, -0.2) is 0 Å². The lowest BCUT2D eigenvalue weighted by Gasteiger charge is -2.46. The lowest BCUT2D eigenvalue weighted by atomic mass is 9.66. The highest BCUT2D eigenvalue weighted by molar-refractivity contribution is 5.03. The number of aliphatic hydroxyl groups is 1. The van der Waals surface area contributed by atoms with Crippen LogP contribution in [0, 0.1) is 11.3 Å². The van der Waals surface area contributed by atoms with Crippen molar-refractivity contribution in [3.8, 4) is 0 Å². The molecule has 1 aliphatic rings. The molecule has 0 spiro atoms. The van der Waals surface area contributed by atoms with E-state index in [0.717, 1.165) is 6.42 Å². The van der Waals surface area contributed by atoms with Crippen LogP contribution in [-0.4, -0.2) is 44.2 Å². The Labute approximate surface area is 91.7 Å². The van der Waals surface area contributed by atoms with Gasteiger partial charge in [0.1, 0.15) is 0 Å². The van der Waals surface area contributed by atoms with Crippen LogP contribution in [0.4, 0.5) is 0 Å². The van der Waals surface area contributed by atoms with E-state index >= 15 is 0 Å². The molecular formula is C11H23NO3. The van der Waals surface area contributed by atoms with Crippen LogP contribution >= 0.6 is 0 Å². The fourth-order valence-corrected chi connectivity index (χ4v) is 2.44. The number of nitrogens with two attached hydrogens (primary N) is 1. The van der Waals surface area contributed by atoms with Crippen LogP contribution in [0.15, 0.2) is 0 Å². The summed E-state index contributed by atoms with van der Waals surface area (Å²) in [5, 5.41) is 10.8. The monoisotopic (exact) mass is 217 g/mol. The largest absolute Gasteiger partial charge is 0.386 e. The van der Waals surface area contributed by atoms with Crippen molar-refractivity contribution in [2.75, 3.05) is 33.5 Å². The van der Waals surface area contributed by atoms with Crippen molar-refractivity contribution >= 4 is 0 Å². The Bertz CT molecular complexity index is 202. The Morgan fingerprint density at radius 2 is 2.27 bits per heavy atom. The number of methoxy groups -OCH3 is 1. The standard InChI is InChI=1S/C11H23NO3/c1-9(2)11(13,8-14-3)10(6-12)4-5-15-7-10/h9,13H,4-8,12H2,1-3H3. The molecule has 0 aliphatic carbocycles. The summed E-state index contributed by atoms with van der Waals surface area (Å²) in [5.41, 5.74) is 4.58. The van der Waals surface area contributed by atoms with Gasteiger partial charge in [-0.2, -0.15) is 0 Å². The molecule has 1 aliphatic heterocycles. The second-order valence-electron chi connectivity index (χ2n) is 4.80. The first-order valence-electron chi connectivity index (χ1n) is 5.51. The molecule has 0 aromatic rings. The number of ether oxygens (including phenoxy) is 2. The molecule has 0 aromatic heterocycles. The molecule has 0 saturated carbocycles. The van der Waals surface area contributed by atoms with Gasteiger partial charge in [-0.05, 0) is 12.3 Å². The van der Waals surface area contributed by atoms with Gasteiger partial charge in [0.2, 0.25) is 0 Å². The van der Waals surface area contributed by atoms with Crippen LogP contribution in [0.1, 0.15) is 20.3 Å². The highest BCUT2D eigenvalue weighted by Gasteiger charge is 2.53. The summed E-state index contributed by atoms with van der Waals surface area (Å²) >= 11 is 0. The fraction of sp³-hybridized carbons (Fsp3) is 1.00. The van der Waals surface area contributed by atoms with Crippen LogP contribution in [0.3, 0.4) is 0 Å². The van der Waals surface area contributed by atoms with Crippen molar-refractivity contribution in [2.45, 2.75) is 25.9 Å². The summed E-state index contributed by atoms with van der Waals surface area (Å²) in [6, 6.07) is 0. The molecule has 4 nitrogen and oxygen atoms in total.